The molecule has 5 heteroatoms. The van der Waals surface area contributed by atoms with Crippen molar-refractivity contribution in [2.75, 3.05) is 0 Å². The van der Waals surface area contributed by atoms with E-state index in [-0.39, 0.29) is 6.42 Å². The molecule has 0 aliphatic heterocycles. The molecule has 0 atom stereocenters. The molecule has 4 nitrogen and oxygen atoms in total. The predicted octanol–water partition coefficient (Wildman–Crippen LogP) is 2.76. The van der Waals surface area contributed by atoms with Crippen LogP contribution in [-0.4, -0.2) is 20.9 Å². The third-order valence-electron chi connectivity index (χ3n) is 2.77. The fraction of sp³-hybridized carbons (Fsp3) is 0.231. The van der Waals surface area contributed by atoms with Gasteiger partial charge in [-0.2, -0.15) is 5.10 Å². The molecule has 94 valence electrons. The van der Waals surface area contributed by atoms with Crippen LogP contribution in [0.4, 0.5) is 0 Å². The van der Waals surface area contributed by atoms with E-state index in [1.807, 2.05) is 25.2 Å². The van der Waals surface area contributed by atoms with Gasteiger partial charge in [0.15, 0.2) is 0 Å². The lowest BCUT2D eigenvalue weighted by Crippen LogP contribution is -2.04. The molecule has 2 rings (SSSR count). The predicted molar refractivity (Wildman–Crippen MR) is 69.6 cm³/mol. The number of carboxylic acids is 1. The van der Waals surface area contributed by atoms with E-state index in [0.29, 0.717) is 11.4 Å². The molecule has 0 amide bonds. The lowest BCUT2D eigenvalue weighted by atomic mass is 10.0. The van der Waals surface area contributed by atoms with Gasteiger partial charge in [0.2, 0.25) is 0 Å². The largest absolute Gasteiger partial charge is 0.481 e. The highest BCUT2D eigenvalue weighted by atomic mass is 35.5. The van der Waals surface area contributed by atoms with Crippen molar-refractivity contribution >= 4 is 17.6 Å². The summed E-state index contributed by atoms with van der Waals surface area (Å²) in [6.07, 6.45) is 2.28. The molecule has 0 radical (unpaired) electrons. The van der Waals surface area contributed by atoms with Crippen molar-refractivity contribution < 1.29 is 9.90 Å². The number of nitrogens with zero attached hydrogens (tertiary/aromatic N) is 2. The zero-order valence-electron chi connectivity index (χ0n) is 9.93. The molecule has 0 aliphatic carbocycles. The minimum atomic E-state index is -0.812. The quantitative estimate of drug-likeness (QED) is 0.924. The summed E-state index contributed by atoms with van der Waals surface area (Å²) in [6, 6.07) is 7.46. The smallest absolute Gasteiger partial charge is 0.303 e. The van der Waals surface area contributed by atoms with Crippen LogP contribution in [0.2, 0.25) is 5.02 Å². The Labute approximate surface area is 110 Å². The van der Waals surface area contributed by atoms with Gasteiger partial charge in [0, 0.05) is 29.7 Å². The van der Waals surface area contributed by atoms with Gasteiger partial charge >= 0.3 is 5.97 Å². The Kier molecular flexibility index (Phi) is 3.67. The Morgan fingerprint density at radius 1 is 1.50 bits per heavy atom. The standard InChI is InChI=1S/C13H13ClN2O2/c1-16-12(5-6-13(17)18)11(8-15-16)9-3-2-4-10(14)7-9/h2-4,7-8H,5-6H2,1H3,(H,17,18). The topological polar surface area (TPSA) is 55.1 Å². The van der Waals surface area contributed by atoms with Gasteiger partial charge < -0.3 is 5.11 Å². The Hall–Kier alpha value is -1.81. The van der Waals surface area contributed by atoms with E-state index in [4.69, 9.17) is 16.7 Å². The van der Waals surface area contributed by atoms with Gasteiger partial charge in [0.1, 0.15) is 0 Å². The number of carboxylic acid groups (broad SMARTS) is 1. The van der Waals surface area contributed by atoms with Crippen molar-refractivity contribution in [3.05, 3.63) is 41.2 Å². The average molecular weight is 265 g/mol. The fourth-order valence-corrected chi connectivity index (χ4v) is 2.07. The molecule has 1 aromatic carbocycles. The zero-order valence-corrected chi connectivity index (χ0v) is 10.7. The van der Waals surface area contributed by atoms with Crippen LogP contribution in [0.5, 0.6) is 0 Å². The van der Waals surface area contributed by atoms with Crippen LogP contribution in [0, 0.1) is 0 Å². The van der Waals surface area contributed by atoms with Crippen LogP contribution in [0.25, 0.3) is 11.1 Å². The first-order chi connectivity index (χ1) is 8.58. The highest BCUT2D eigenvalue weighted by Crippen LogP contribution is 2.26. The van der Waals surface area contributed by atoms with Crippen molar-refractivity contribution in [2.24, 2.45) is 7.05 Å². The van der Waals surface area contributed by atoms with E-state index in [1.54, 1.807) is 16.9 Å². The molecular weight excluding hydrogens is 252 g/mol. The number of benzene rings is 1. The summed E-state index contributed by atoms with van der Waals surface area (Å²) >= 11 is 5.96. The van der Waals surface area contributed by atoms with Gasteiger partial charge in [-0.1, -0.05) is 23.7 Å². The molecule has 1 N–H and O–H groups in total. The highest BCUT2D eigenvalue weighted by molar-refractivity contribution is 6.30. The fourth-order valence-electron chi connectivity index (χ4n) is 1.88. The summed E-state index contributed by atoms with van der Waals surface area (Å²) < 4.78 is 1.71. The second kappa shape index (κ2) is 5.23. The number of aliphatic carboxylic acids is 1. The Morgan fingerprint density at radius 3 is 2.94 bits per heavy atom. The lowest BCUT2D eigenvalue weighted by Gasteiger charge is -2.05. The highest BCUT2D eigenvalue weighted by Gasteiger charge is 2.12. The first-order valence-electron chi connectivity index (χ1n) is 5.56. The molecule has 0 saturated carbocycles. The maximum absolute atomic E-state index is 10.7. The SMILES string of the molecule is Cn1ncc(-c2cccc(Cl)c2)c1CCC(=O)O. The van der Waals surface area contributed by atoms with Crippen molar-refractivity contribution in [3.63, 3.8) is 0 Å². The normalized spacial score (nSPS) is 10.6. The van der Waals surface area contributed by atoms with Gasteiger partial charge in [-0.25, -0.2) is 0 Å². The summed E-state index contributed by atoms with van der Waals surface area (Å²) in [5.74, 6) is -0.812. The molecule has 0 saturated heterocycles. The van der Waals surface area contributed by atoms with Gasteiger partial charge in [0.05, 0.1) is 12.6 Å². The monoisotopic (exact) mass is 264 g/mol. The molecule has 18 heavy (non-hydrogen) atoms. The second-order valence-electron chi connectivity index (χ2n) is 4.03. The summed E-state index contributed by atoms with van der Waals surface area (Å²) in [6.45, 7) is 0. The van der Waals surface area contributed by atoms with Crippen LogP contribution in [0.15, 0.2) is 30.5 Å². The van der Waals surface area contributed by atoms with E-state index in [9.17, 15) is 4.79 Å². The minimum Gasteiger partial charge on any atom is -0.481 e. The molecular formula is C13H13ClN2O2. The Balaban J connectivity index is 2.36. The van der Waals surface area contributed by atoms with E-state index in [2.05, 4.69) is 5.10 Å². The van der Waals surface area contributed by atoms with E-state index in [0.717, 1.165) is 16.8 Å². The van der Waals surface area contributed by atoms with Crippen LogP contribution in [0.1, 0.15) is 12.1 Å². The van der Waals surface area contributed by atoms with E-state index >= 15 is 0 Å². The van der Waals surface area contributed by atoms with Crippen LogP contribution >= 0.6 is 11.6 Å². The van der Waals surface area contributed by atoms with E-state index < -0.39 is 5.97 Å². The Bertz CT molecular complexity index is 578. The van der Waals surface area contributed by atoms with Crippen LogP contribution in [-0.2, 0) is 18.3 Å². The summed E-state index contributed by atoms with van der Waals surface area (Å²) in [4.78, 5) is 10.7. The Morgan fingerprint density at radius 2 is 2.28 bits per heavy atom. The summed E-state index contributed by atoms with van der Waals surface area (Å²) in [5, 5.41) is 13.6. The maximum atomic E-state index is 10.7. The number of aromatic nitrogens is 2. The van der Waals surface area contributed by atoms with Gasteiger partial charge in [-0.3, -0.25) is 9.48 Å². The molecule has 0 unspecified atom stereocenters. The molecule has 1 heterocycles. The first-order valence-corrected chi connectivity index (χ1v) is 5.94. The van der Waals surface area contributed by atoms with Crippen molar-refractivity contribution in [2.45, 2.75) is 12.8 Å². The zero-order chi connectivity index (χ0) is 13.1. The van der Waals surface area contributed by atoms with E-state index in [1.165, 1.54) is 0 Å². The number of hydrogen-bond acceptors (Lipinski definition) is 2. The lowest BCUT2D eigenvalue weighted by molar-refractivity contribution is -0.136. The summed E-state index contributed by atoms with van der Waals surface area (Å²) in [5.41, 5.74) is 2.79. The minimum absolute atomic E-state index is 0.0904. The first kappa shape index (κ1) is 12.6. The van der Waals surface area contributed by atoms with Gasteiger partial charge in [-0.05, 0) is 17.7 Å². The van der Waals surface area contributed by atoms with Gasteiger partial charge in [0.25, 0.3) is 0 Å². The third-order valence-corrected chi connectivity index (χ3v) is 3.01. The molecule has 1 aromatic heterocycles. The molecule has 0 fully saturated rings. The third kappa shape index (κ3) is 2.71. The maximum Gasteiger partial charge on any atom is 0.303 e. The molecule has 0 spiro atoms. The van der Waals surface area contributed by atoms with Crippen LogP contribution < -0.4 is 0 Å². The number of aryl methyl sites for hydroxylation is 1. The molecule has 0 aliphatic rings. The van der Waals surface area contributed by atoms with Crippen molar-refractivity contribution in [1.29, 1.82) is 0 Å². The number of halogens is 1. The van der Waals surface area contributed by atoms with Gasteiger partial charge in [-0.15, -0.1) is 0 Å². The summed E-state index contributed by atoms with van der Waals surface area (Å²) in [7, 11) is 1.81. The number of rotatable bonds is 4. The number of carbonyl (C=O) groups is 1. The number of hydrogen-bond donors (Lipinski definition) is 1. The average Bonchev–Trinajstić information content (AvgIpc) is 2.68. The second-order valence-corrected chi connectivity index (χ2v) is 4.47. The van der Waals surface area contributed by atoms with Crippen molar-refractivity contribution in [3.8, 4) is 11.1 Å². The van der Waals surface area contributed by atoms with Crippen LogP contribution in [0.3, 0.4) is 0 Å². The molecule has 2 aromatic rings. The molecule has 0 bridgehead atoms. The van der Waals surface area contributed by atoms with Crippen molar-refractivity contribution in [1.82, 2.24) is 9.78 Å².